The highest BCUT2D eigenvalue weighted by Gasteiger charge is 2.40. The molecule has 1 aromatic rings. The molecule has 192 valence electrons. The molecule has 3 N–H and O–H groups in total. The van der Waals surface area contributed by atoms with Crippen LogP contribution in [0.4, 0.5) is 4.39 Å². The van der Waals surface area contributed by atoms with Crippen LogP contribution in [0.25, 0.3) is 0 Å². The topological polar surface area (TPSA) is 74.8 Å². The Balaban J connectivity index is 1.42. The highest BCUT2D eigenvalue weighted by molar-refractivity contribution is 6.30. The first-order valence-electron chi connectivity index (χ1n) is 12.9. The fourth-order valence-corrected chi connectivity index (χ4v) is 7.03. The predicted molar refractivity (Wildman–Crippen MR) is 134 cm³/mol. The molecule has 1 saturated heterocycles. The van der Waals surface area contributed by atoms with E-state index in [4.69, 9.17) is 28.6 Å². The maximum absolute atomic E-state index is 14.0. The minimum Gasteiger partial charge on any atom is -0.354 e. The van der Waals surface area contributed by atoms with Gasteiger partial charge in [-0.15, -0.1) is 23.2 Å². The lowest BCUT2D eigenvalue weighted by Gasteiger charge is -2.43. The number of amides is 1. The number of imidazole rings is 1. The van der Waals surface area contributed by atoms with Gasteiger partial charge in [0.2, 0.25) is 11.5 Å². The SMILES string of the molecule is CC1CC(F)CCC1C1CC(Cn2ccn(C)c2=N)CC(C(=O)NCC2CCC(Cl)C(Cl)C2)N1. The van der Waals surface area contributed by atoms with Gasteiger partial charge in [-0.2, -0.15) is 0 Å². The van der Waals surface area contributed by atoms with E-state index in [2.05, 4.69) is 17.6 Å². The summed E-state index contributed by atoms with van der Waals surface area (Å²) in [6.45, 7) is 3.51. The van der Waals surface area contributed by atoms with Crippen LogP contribution >= 0.6 is 23.2 Å². The third kappa shape index (κ3) is 6.19. The summed E-state index contributed by atoms with van der Waals surface area (Å²) >= 11 is 12.6. The predicted octanol–water partition coefficient (Wildman–Crippen LogP) is 3.95. The molecule has 0 aromatic carbocycles. The van der Waals surface area contributed by atoms with Crippen LogP contribution in [-0.4, -0.2) is 50.6 Å². The van der Waals surface area contributed by atoms with E-state index in [1.165, 1.54) is 0 Å². The van der Waals surface area contributed by atoms with Gasteiger partial charge in [0.1, 0.15) is 6.17 Å². The van der Waals surface area contributed by atoms with Crippen LogP contribution in [0.1, 0.15) is 58.3 Å². The average molecular weight is 517 g/mol. The van der Waals surface area contributed by atoms with E-state index in [9.17, 15) is 9.18 Å². The van der Waals surface area contributed by atoms with E-state index < -0.39 is 6.17 Å². The quantitative estimate of drug-likeness (QED) is 0.501. The summed E-state index contributed by atoms with van der Waals surface area (Å²) in [6.07, 6.45) is 9.62. The lowest BCUT2D eigenvalue weighted by Crippen LogP contribution is -2.57. The maximum atomic E-state index is 14.0. The number of aromatic nitrogens is 2. The molecule has 3 fully saturated rings. The summed E-state index contributed by atoms with van der Waals surface area (Å²) in [7, 11) is 1.88. The highest BCUT2D eigenvalue weighted by atomic mass is 35.5. The molecular formula is C25H40Cl2FN5O. The third-order valence-electron chi connectivity index (χ3n) is 8.47. The molecule has 9 atom stereocenters. The van der Waals surface area contributed by atoms with Gasteiger partial charge in [-0.25, -0.2) is 4.39 Å². The molecule has 4 rings (SSSR count). The Kier molecular flexibility index (Phi) is 8.68. The van der Waals surface area contributed by atoms with Crippen molar-refractivity contribution in [3.63, 3.8) is 0 Å². The number of carbonyl (C=O) groups is 1. The molecule has 3 aliphatic rings. The summed E-state index contributed by atoms with van der Waals surface area (Å²) in [5.41, 5.74) is 0.466. The first-order valence-corrected chi connectivity index (χ1v) is 13.8. The molecule has 9 unspecified atom stereocenters. The monoisotopic (exact) mass is 515 g/mol. The van der Waals surface area contributed by atoms with Crippen molar-refractivity contribution in [3.8, 4) is 0 Å². The molecule has 9 heteroatoms. The van der Waals surface area contributed by atoms with Crippen molar-refractivity contribution in [3.05, 3.63) is 18.0 Å². The Hall–Kier alpha value is -1.05. The smallest absolute Gasteiger partial charge is 0.237 e. The Morgan fingerprint density at radius 2 is 1.91 bits per heavy atom. The molecule has 2 aliphatic carbocycles. The standard InChI is InChI=1S/C25H40Cl2FN5O/c1-15-9-18(28)4-5-19(15)22-11-17(14-33-8-7-32(2)25(33)29)12-23(31-22)24(34)30-13-16-3-6-20(26)21(27)10-16/h7-8,15-23,29,31H,3-6,9-14H2,1-2H3,(H,30,34). The Bertz CT molecular complexity index is 891. The molecule has 0 radical (unpaired) electrons. The van der Waals surface area contributed by atoms with Gasteiger partial charge in [-0.1, -0.05) is 6.92 Å². The van der Waals surface area contributed by atoms with E-state index >= 15 is 0 Å². The molecule has 6 nitrogen and oxygen atoms in total. The fourth-order valence-electron chi connectivity index (χ4n) is 6.43. The van der Waals surface area contributed by atoms with Crippen LogP contribution in [0.5, 0.6) is 0 Å². The van der Waals surface area contributed by atoms with E-state index in [1.54, 1.807) is 4.57 Å². The van der Waals surface area contributed by atoms with Crippen LogP contribution in [0, 0.1) is 29.1 Å². The van der Waals surface area contributed by atoms with Gasteiger partial charge >= 0.3 is 0 Å². The number of hydrogen-bond donors (Lipinski definition) is 3. The van der Waals surface area contributed by atoms with Crippen LogP contribution in [0.2, 0.25) is 0 Å². The van der Waals surface area contributed by atoms with Crippen molar-refractivity contribution >= 4 is 29.1 Å². The summed E-state index contributed by atoms with van der Waals surface area (Å²) in [5.74, 6) is 1.36. The largest absolute Gasteiger partial charge is 0.354 e. The number of alkyl halides is 3. The van der Waals surface area contributed by atoms with Gasteiger partial charge < -0.3 is 19.8 Å². The van der Waals surface area contributed by atoms with E-state index in [1.807, 2.05) is 24.0 Å². The Morgan fingerprint density at radius 3 is 2.59 bits per heavy atom. The number of nitrogens with zero attached hydrogens (tertiary/aromatic N) is 2. The molecule has 0 spiro atoms. The second kappa shape index (κ2) is 11.3. The number of carbonyl (C=O) groups excluding carboxylic acids is 1. The third-order valence-corrected chi connectivity index (χ3v) is 9.61. The first-order chi connectivity index (χ1) is 16.2. The molecule has 2 heterocycles. The molecule has 1 amide bonds. The fraction of sp³-hybridized carbons (Fsp3) is 0.840. The van der Waals surface area contributed by atoms with E-state index in [0.717, 1.165) is 45.1 Å². The number of piperidine rings is 1. The molecule has 1 aromatic heterocycles. The molecule has 1 aliphatic heterocycles. The highest BCUT2D eigenvalue weighted by Crippen LogP contribution is 2.38. The number of halogens is 3. The Morgan fingerprint density at radius 1 is 1.12 bits per heavy atom. The van der Waals surface area contributed by atoms with Crippen LogP contribution in [0.15, 0.2) is 12.4 Å². The molecule has 0 bridgehead atoms. The van der Waals surface area contributed by atoms with Gasteiger partial charge in [0.15, 0.2) is 0 Å². The number of aryl methyl sites for hydroxylation is 1. The van der Waals surface area contributed by atoms with E-state index in [0.29, 0.717) is 42.8 Å². The van der Waals surface area contributed by atoms with Gasteiger partial charge in [0.25, 0.3) is 0 Å². The lowest BCUT2D eigenvalue weighted by molar-refractivity contribution is -0.125. The summed E-state index contributed by atoms with van der Waals surface area (Å²) in [5, 5.41) is 15.1. The molecule has 2 saturated carbocycles. The second-order valence-corrected chi connectivity index (χ2v) is 12.2. The number of rotatable bonds is 6. The zero-order valence-corrected chi connectivity index (χ0v) is 21.9. The van der Waals surface area contributed by atoms with Crippen LogP contribution in [-0.2, 0) is 18.4 Å². The maximum Gasteiger partial charge on any atom is 0.237 e. The summed E-state index contributed by atoms with van der Waals surface area (Å²) in [6, 6.07) is -0.0804. The molecule has 34 heavy (non-hydrogen) atoms. The van der Waals surface area contributed by atoms with Crippen molar-refractivity contribution in [2.75, 3.05) is 6.54 Å². The normalized spacial score (nSPS) is 39.0. The zero-order valence-electron chi connectivity index (χ0n) is 20.4. The van der Waals surface area contributed by atoms with Crippen LogP contribution < -0.4 is 16.3 Å². The van der Waals surface area contributed by atoms with E-state index in [-0.39, 0.29) is 34.7 Å². The van der Waals surface area contributed by atoms with Crippen molar-refractivity contribution in [1.82, 2.24) is 19.8 Å². The number of hydrogen-bond acceptors (Lipinski definition) is 3. The average Bonchev–Trinajstić information content (AvgIpc) is 3.11. The van der Waals surface area contributed by atoms with Crippen molar-refractivity contribution in [1.29, 1.82) is 5.41 Å². The van der Waals surface area contributed by atoms with Crippen LogP contribution in [0.3, 0.4) is 0 Å². The lowest BCUT2D eigenvalue weighted by atomic mass is 9.71. The van der Waals surface area contributed by atoms with Gasteiger partial charge in [0, 0.05) is 43.9 Å². The summed E-state index contributed by atoms with van der Waals surface area (Å²) in [4.78, 5) is 13.3. The zero-order chi connectivity index (χ0) is 24.4. The van der Waals surface area contributed by atoms with Crippen molar-refractivity contribution in [2.24, 2.45) is 30.7 Å². The minimum atomic E-state index is -0.704. The number of nitrogens with one attached hydrogen (secondary N) is 3. The Labute approximate surface area is 212 Å². The summed E-state index contributed by atoms with van der Waals surface area (Å²) < 4.78 is 17.8. The van der Waals surface area contributed by atoms with Gasteiger partial charge in [0.05, 0.1) is 11.4 Å². The van der Waals surface area contributed by atoms with Crippen molar-refractivity contribution in [2.45, 2.75) is 93.8 Å². The molecular weight excluding hydrogens is 476 g/mol. The minimum absolute atomic E-state index is 0.0222. The van der Waals surface area contributed by atoms with Gasteiger partial charge in [-0.3, -0.25) is 10.2 Å². The first kappa shape index (κ1) is 26.0. The van der Waals surface area contributed by atoms with Crippen molar-refractivity contribution < 1.29 is 9.18 Å². The van der Waals surface area contributed by atoms with Gasteiger partial charge in [-0.05, 0) is 75.0 Å². The second-order valence-electron chi connectivity index (χ2n) is 11.1.